The van der Waals surface area contributed by atoms with Gasteiger partial charge in [0.05, 0.1) is 28.3 Å². The normalized spacial score (nSPS) is 20.9. The Morgan fingerprint density at radius 2 is 1.88 bits per heavy atom. The summed E-state index contributed by atoms with van der Waals surface area (Å²) in [5.41, 5.74) is 4.89. The molecule has 1 aliphatic heterocycles. The van der Waals surface area contributed by atoms with E-state index in [1.165, 1.54) is 12.1 Å². The van der Waals surface area contributed by atoms with Crippen LogP contribution in [-0.2, 0) is 16.3 Å². The van der Waals surface area contributed by atoms with Gasteiger partial charge in [0.2, 0.25) is 0 Å². The summed E-state index contributed by atoms with van der Waals surface area (Å²) in [5, 5.41) is 3.73. The van der Waals surface area contributed by atoms with Crippen LogP contribution in [0.5, 0.6) is 0 Å². The third-order valence-corrected chi connectivity index (χ3v) is 7.94. The second-order valence-electron chi connectivity index (χ2n) is 8.48. The minimum absolute atomic E-state index is 0.0142. The fourth-order valence-electron chi connectivity index (χ4n) is 4.66. The van der Waals surface area contributed by atoms with E-state index in [2.05, 4.69) is 5.32 Å². The predicted molar refractivity (Wildman–Crippen MR) is 123 cm³/mol. The molecule has 0 radical (unpaired) electrons. The van der Waals surface area contributed by atoms with Crippen LogP contribution >= 0.6 is 0 Å². The first-order chi connectivity index (χ1) is 15.4. The van der Waals surface area contributed by atoms with Crippen molar-refractivity contribution in [2.24, 2.45) is 0 Å². The number of hydrogen-bond acceptors (Lipinski definition) is 4. The molecule has 2 aliphatic rings. The highest BCUT2D eigenvalue weighted by Crippen LogP contribution is 2.36. The Morgan fingerprint density at radius 1 is 1.09 bits per heavy atom. The molecule has 1 amide bonds. The monoisotopic (exact) mass is 450 g/mol. The number of nitrogens with zero attached hydrogens (tertiary/aromatic N) is 1. The number of halogens is 1. The van der Waals surface area contributed by atoms with Gasteiger partial charge in [0.25, 0.3) is 5.91 Å². The number of rotatable bonds is 3. The van der Waals surface area contributed by atoms with E-state index in [0.717, 1.165) is 52.6 Å². The minimum atomic E-state index is -3.09. The van der Waals surface area contributed by atoms with Gasteiger partial charge < -0.3 is 5.32 Å². The van der Waals surface area contributed by atoms with Gasteiger partial charge in [-0.1, -0.05) is 30.3 Å². The predicted octanol–water partition coefficient (Wildman–Crippen LogP) is 4.17. The molecule has 0 bridgehead atoms. The van der Waals surface area contributed by atoms with Crippen LogP contribution in [0.25, 0.3) is 22.6 Å². The summed E-state index contributed by atoms with van der Waals surface area (Å²) in [4.78, 5) is 18.3. The highest BCUT2D eigenvalue weighted by Gasteiger charge is 2.31. The van der Waals surface area contributed by atoms with E-state index in [4.69, 9.17) is 4.98 Å². The average Bonchev–Trinajstić information content (AvgIpc) is 3.12. The van der Waals surface area contributed by atoms with Gasteiger partial charge in [-0.05, 0) is 66.7 Å². The van der Waals surface area contributed by atoms with Crippen molar-refractivity contribution >= 4 is 38.3 Å². The van der Waals surface area contributed by atoms with E-state index in [0.29, 0.717) is 12.0 Å². The molecule has 164 valence electrons. The lowest BCUT2D eigenvalue weighted by Gasteiger charge is -2.23. The number of para-hydroxylation sites is 1. The number of carbonyl (C=O) groups is 1. The summed E-state index contributed by atoms with van der Waals surface area (Å²) < 4.78 is 37.0. The molecule has 5 nitrogen and oxygen atoms in total. The Hall–Kier alpha value is -3.06. The number of allylic oxidation sites excluding steroid dienone is 1. The van der Waals surface area contributed by atoms with Crippen LogP contribution in [0.1, 0.15) is 46.4 Å². The summed E-state index contributed by atoms with van der Waals surface area (Å²) in [5.74, 6) is -0.435. The van der Waals surface area contributed by atoms with Crippen molar-refractivity contribution in [3.05, 3.63) is 76.7 Å². The van der Waals surface area contributed by atoms with Crippen molar-refractivity contribution in [1.82, 2.24) is 10.3 Å². The molecule has 2 heterocycles. The minimum Gasteiger partial charge on any atom is -0.348 e. The standard InChI is InChI=1S/C25H23FN2O3S/c26-18-10-8-16(9-11-18)14-17-4-3-6-21-23(20-5-1-2-7-22(20)28-24(17)21)25(29)27-19-12-13-32(30,31)15-19/h1-2,5,7-11,14,19H,3-4,6,12-13,15H2,(H,27,29). The summed E-state index contributed by atoms with van der Waals surface area (Å²) in [7, 11) is -3.09. The van der Waals surface area contributed by atoms with Gasteiger partial charge in [0.1, 0.15) is 5.82 Å². The van der Waals surface area contributed by atoms with E-state index in [-0.39, 0.29) is 29.3 Å². The molecule has 1 fully saturated rings. The van der Waals surface area contributed by atoms with Crippen molar-refractivity contribution < 1.29 is 17.6 Å². The Labute approximate surface area is 186 Å². The Kier molecular flexibility index (Phi) is 5.29. The number of pyridine rings is 1. The maximum absolute atomic E-state index is 13.4. The van der Waals surface area contributed by atoms with E-state index < -0.39 is 9.84 Å². The molecular weight excluding hydrogens is 427 g/mol. The number of benzene rings is 2. The first-order valence-corrected chi connectivity index (χ1v) is 12.6. The third-order valence-electron chi connectivity index (χ3n) is 6.18. The highest BCUT2D eigenvalue weighted by atomic mass is 32.2. The van der Waals surface area contributed by atoms with Gasteiger partial charge in [-0.15, -0.1) is 0 Å². The van der Waals surface area contributed by atoms with Crippen molar-refractivity contribution in [1.29, 1.82) is 0 Å². The molecule has 0 spiro atoms. The molecule has 0 saturated carbocycles. The van der Waals surface area contributed by atoms with Gasteiger partial charge in [-0.3, -0.25) is 4.79 Å². The van der Waals surface area contributed by atoms with E-state index >= 15 is 0 Å². The van der Waals surface area contributed by atoms with Crippen molar-refractivity contribution in [2.45, 2.75) is 31.7 Å². The second-order valence-corrected chi connectivity index (χ2v) is 10.7. The lowest BCUT2D eigenvalue weighted by molar-refractivity contribution is 0.0941. The SMILES string of the molecule is O=C(NC1CCS(=O)(=O)C1)c1c2c(nc3ccccc13)C(=Cc1ccc(F)cc1)CCC2. The molecule has 3 aromatic rings. The smallest absolute Gasteiger partial charge is 0.252 e. The molecule has 5 rings (SSSR count). The molecule has 2 aromatic carbocycles. The van der Waals surface area contributed by atoms with Gasteiger partial charge in [0, 0.05) is 11.4 Å². The van der Waals surface area contributed by atoms with Crippen LogP contribution in [0.4, 0.5) is 4.39 Å². The van der Waals surface area contributed by atoms with E-state index in [9.17, 15) is 17.6 Å². The summed E-state index contributed by atoms with van der Waals surface area (Å²) in [6.07, 6.45) is 4.86. The number of amides is 1. The first kappa shape index (κ1) is 20.8. The number of fused-ring (bicyclic) bond motifs is 2. The maximum atomic E-state index is 13.4. The van der Waals surface area contributed by atoms with Gasteiger partial charge >= 0.3 is 0 Å². The molecule has 32 heavy (non-hydrogen) atoms. The molecule has 1 atom stereocenters. The van der Waals surface area contributed by atoms with Gasteiger partial charge in [-0.25, -0.2) is 17.8 Å². The highest BCUT2D eigenvalue weighted by molar-refractivity contribution is 7.91. The second kappa shape index (κ2) is 8.13. The fraction of sp³-hybridized carbons (Fsp3) is 0.280. The van der Waals surface area contributed by atoms with Crippen molar-refractivity contribution in [3.8, 4) is 0 Å². The van der Waals surface area contributed by atoms with Crippen LogP contribution in [-0.4, -0.2) is 36.9 Å². The lowest BCUT2D eigenvalue weighted by Crippen LogP contribution is -2.36. The van der Waals surface area contributed by atoms with E-state index in [1.54, 1.807) is 12.1 Å². The van der Waals surface area contributed by atoms with Crippen LogP contribution < -0.4 is 5.32 Å². The molecule has 7 heteroatoms. The zero-order valence-electron chi connectivity index (χ0n) is 17.5. The van der Waals surface area contributed by atoms with Crippen LogP contribution in [0.15, 0.2) is 48.5 Å². The average molecular weight is 451 g/mol. The zero-order valence-corrected chi connectivity index (χ0v) is 18.3. The quantitative estimate of drug-likeness (QED) is 0.650. The fourth-order valence-corrected chi connectivity index (χ4v) is 6.33. The summed E-state index contributed by atoms with van der Waals surface area (Å²) >= 11 is 0. The number of hydrogen-bond donors (Lipinski definition) is 1. The first-order valence-electron chi connectivity index (χ1n) is 10.8. The molecule has 1 unspecified atom stereocenters. The molecule has 1 aliphatic carbocycles. The van der Waals surface area contributed by atoms with Gasteiger partial charge in [-0.2, -0.15) is 0 Å². The molecule has 1 N–H and O–H groups in total. The van der Waals surface area contributed by atoms with Crippen LogP contribution in [0, 0.1) is 5.82 Å². The summed E-state index contributed by atoms with van der Waals surface area (Å²) in [6, 6.07) is 13.5. The van der Waals surface area contributed by atoms with Gasteiger partial charge in [0.15, 0.2) is 9.84 Å². The Balaban J connectivity index is 1.60. The molecule has 1 aromatic heterocycles. The number of sulfone groups is 1. The van der Waals surface area contributed by atoms with E-state index in [1.807, 2.05) is 30.3 Å². The van der Waals surface area contributed by atoms with Crippen molar-refractivity contribution in [2.75, 3.05) is 11.5 Å². The lowest BCUT2D eigenvalue weighted by atomic mass is 9.85. The molecular formula is C25H23FN2O3S. The van der Waals surface area contributed by atoms with Crippen LogP contribution in [0.3, 0.4) is 0 Å². The molecule has 1 saturated heterocycles. The van der Waals surface area contributed by atoms with Crippen molar-refractivity contribution in [3.63, 3.8) is 0 Å². The number of nitrogens with one attached hydrogen (secondary N) is 1. The maximum Gasteiger partial charge on any atom is 0.252 e. The summed E-state index contributed by atoms with van der Waals surface area (Å²) in [6.45, 7) is 0. The number of aromatic nitrogens is 1. The topological polar surface area (TPSA) is 76.1 Å². The Morgan fingerprint density at radius 3 is 2.62 bits per heavy atom. The largest absolute Gasteiger partial charge is 0.348 e. The number of carbonyl (C=O) groups excluding carboxylic acids is 1. The van der Waals surface area contributed by atoms with Crippen LogP contribution in [0.2, 0.25) is 0 Å². The third kappa shape index (κ3) is 4.05. The Bertz CT molecular complexity index is 1350. The zero-order chi connectivity index (χ0) is 22.3.